The number of carboxylic acid groups (broad SMARTS) is 1. The van der Waals surface area contributed by atoms with Crippen molar-refractivity contribution in [3.63, 3.8) is 0 Å². The van der Waals surface area contributed by atoms with Crippen molar-refractivity contribution in [3.05, 3.63) is 22.7 Å². The van der Waals surface area contributed by atoms with Crippen molar-refractivity contribution >= 4 is 17.6 Å². The van der Waals surface area contributed by atoms with Gasteiger partial charge in [0.15, 0.2) is 11.5 Å². The molecule has 1 aromatic carbocycles. The van der Waals surface area contributed by atoms with Crippen LogP contribution in [0.4, 0.5) is 0 Å². The minimum Gasteiger partial charge on any atom is -0.486 e. The summed E-state index contributed by atoms with van der Waals surface area (Å²) in [6.45, 7) is 1.01. The molecule has 1 aliphatic rings. The van der Waals surface area contributed by atoms with Gasteiger partial charge < -0.3 is 20.3 Å². The van der Waals surface area contributed by atoms with Gasteiger partial charge in [-0.1, -0.05) is 11.6 Å². The number of benzene rings is 1. The van der Waals surface area contributed by atoms with Gasteiger partial charge in [0.2, 0.25) is 0 Å². The summed E-state index contributed by atoms with van der Waals surface area (Å²) in [5.41, 5.74) is 6.80. The first kappa shape index (κ1) is 14.0. The Morgan fingerprint density at radius 2 is 2.00 bits per heavy atom. The molecule has 0 aliphatic carbocycles. The summed E-state index contributed by atoms with van der Waals surface area (Å²) in [7, 11) is 0. The Morgan fingerprint density at radius 3 is 2.63 bits per heavy atom. The maximum absolute atomic E-state index is 10.5. The summed E-state index contributed by atoms with van der Waals surface area (Å²) in [6, 6.07) is 3.17. The zero-order chi connectivity index (χ0) is 13.8. The topological polar surface area (TPSA) is 81.8 Å². The standard InChI is InChI=1S/C13H16ClNO4/c14-9-7-12-11(18-4-5-19-12)6-8(9)10(15)2-1-3-13(16)17/h6-7,10H,1-5,15H2,(H,16,17). The number of nitrogens with two attached hydrogens (primary N) is 1. The summed E-state index contributed by atoms with van der Waals surface area (Å²) in [5.74, 6) is 0.442. The quantitative estimate of drug-likeness (QED) is 0.868. The van der Waals surface area contributed by atoms with E-state index in [4.69, 9.17) is 31.9 Å². The molecule has 19 heavy (non-hydrogen) atoms. The third-order valence-corrected chi connectivity index (χ3v) is 3.29. The Morgan fingerprint density at radius 1 is 1.37 bits per heavy atom. The van der Waals surface area contributed by atoms with E-state index in [1.54, 1.807) is 12.1 Å². The molecule has 1 heterocycles. The third kappa shape index (κ3) is 3.52. The number of aliphatic carboxylic acids is 1. The fourth-order valence-corrected chi connectivity index (χ4v) is 2.29. The minimum absolute atomic E-state index is 0.107. The molecule has 0 saturated heterocycles. The number of rotatable bonds is 5. The Bertz CT molecular complexity index is 478. The molecule has 6 heteroatoms. The molecule has 1 aliphatic heterocycles. The summed E-state index contributed by atoms with van der Waals surface area (Å²) in [6.07, 6.45) is 1.18. The number of fused-ring (bicyclic) bond motifs is 1. The van der Waals surface area contributed by atoms with E-state index in [1.165, 1.54) is 0 Å². The molecule has 0 fully saturated rings. The van der Waals surface area contributed by atoms with Gasteiger partial charge in [0.05, 0.1) is 0 Å². The highest BCUT2D eigenvalue weighted by Crippen LogP contribution is 2.38. The number of hydrogen-bond donors (Lipinski definition) is 2. The molecule has 0 amide bonds. The summed E-state index contributed by atoms with van der Waals surface area (Å²) in [5, 5.41) is 9.13. The van der Waals surface area contributed by atoms with Crippen LogP contribution in [-0.4, -0.2) is 24.3 Å². The number of ether oxygens (including phenoxy) is 2. The van der Waals surface area contributed by atoms with Gasteiger partial charge in [0.1, 0.15) is 13.2 Å². The lowest BCUT2D eigenvalue weighted by Crippen LogP contribution is -2.17. The van der Waals surface area contributed by atoms with Crippen LogP contribution in [-0.2, 0) is 4.79 Å². The van der Waals surface area contributed by atoms with Crippen LogP contribution in [0.25, 0.3) is 0 Å². The molecule has 2 rings (SSSR count). The molecule has 0 radical (unpaired) electrons. The van der Waals surface area contributed by atoms with Crippen LogP contribution in [0.1, 0.15) is 30.9 Å². The van der Waals surface area contributed by atoms with Crippen LogP contribution < -0.4 is 15.2 Å². The zero-order valence-corrected chi connectivity index (χ0v) is 11.2. The summed E-state index contributed by atoms with van der Waals surface area (Å²) in [4.78, 5) is 10.5. The Balaban J connectivity index is 2.08. The van der Waals surface area contributed by atoms with Crippen LogP contribution in [0.2, 0.25) is 5.02 Å². The zero-order valence-electron chi connectivity index (χ0n) is 10.4. The lowest BCUT2D eigenvalue weighted by atomic mass is 10.0. The van der Waals surface area contributed by atoms with Gasteiger partial charge in [-0.25, -0.2) is 0 Å². The smallest absolute Gasteiger partial charge is 0.303 e. The molecule has 5 nitrogen and oxygen atoms in total. The number of halogens is 1. The highest BCUT2D eigenvalue weighted by molar-refractivity contribution is 6.31. The molecule has 0 spiro atoms. The SMILES string of the molecule is NC(CCCC(=O)O)c1cc2c(cc1Cl)OCCO2. The Hall–Kier alpha value is -1.46. The highest BCUT2D eigenvalue weighted by Gasteiger charge is 2.18. The van der Waals surface area contributed by atoms with E-state index in [2.05, 4.69) is 0 Å². The predicted octanol–water partition coefficient (Wildman–Crippen LogP) is 2.37. The molecule has 1 unspecified atom stereocenters. The van der Waals surface area contributed by atoms with Gasteiger partial charge in [0.25, 0.3) is 0 Å². The largest absolute Gasteiger partial charge is 0.486 e. The third-order valence-electron chi connectivity index (χ3n) is 2.97. The first-order chi connectivity index (χ1) is 9.08. The lowest BCUT2D eigenvalue weighted by Gasteiger charge is -2.21. The summed E-state index contributed by atoms with van der Waals surface area (Å²) < 4.78 is 10.9. The second kappa shape index (κ2) is 6.12. The van der Waals surface area contributed by atoms with Crippen molar-refractivity contribution in [3.8, 4) is 11.5 Å². The minimum atomic E-state index is -0.819. The maximum Gasteiger partial charge on any atom is 0.303 e. The molecular weight excluding hydrogens is 270 g/mol. The van der Waals surface area contributed by atoms with Crippen molar-refractivity contribution in [2.75, 3.05) is 13.2 Å². The van der Waals surface area contributed by atoms with Crippen LogP contribution in [0.15, 0.2) is 12.1 Å². The van der Waals surface area contributed by atoms with Gasteiger partial charge >= 0.3 is 5.97 Å². The van der Waals surface area contributed by atoms with E-state index < -0.39 is 5.97 Å². The molecule has 0 aromatic heterocycles. The van der Waals surface area contributed by atoms with Gasteiger partial charge in [0, 0.05) is 23.6 Å². The normalized spacial score (nSPS) is 15.1. The first-order valence-corrected chi connectivity index (χ1v) is 6.52. The van der Waals surface area contributed by atoms with Crippen LogP contribution in [0.3, 0.4) is 0 Å². The monoisotopic (exact) mass is 285 g/mol. The number of carboxylic acids is 1. The van der Waals surface area contributed by atoms with Crippen LogP contribution >= 0.6 is 11.6 Å². The second-order valence-electron chi connectivity index (χ2n) is 4.41. The highest BCUT2D eigenvalue weighted by atomic mass is 35.5. The Labute approximate surface area is 116 Å². The molecule has 104 valence electrons. The fourth-order valence-electron chi connectivity index (χ4n) is 1.99. The Kier molecular flexibility index (Phi) is 4.50. The average molecular weight is 286 g/mol. The van der Waals surface area contributed by atoms with Crippen molar-refractivity contribution < 1.29 is 19.4 Å². The average Bonchev–Trinajstić information content (AvgIpc) is 2.37. The maximum atomic E-state index is 10.5. The van der Waals surface area contributed by atoms with E-state index in [-0.39, 0.29) is 12.5 Å². The van der Waals surface area contributed by atoms with Crippen molar-refractivity contribution in [2.45, 2.75) is 25.3 Å². The molecule has 3 N–H and O–H groups in total. The van der Waals surface area contributed by atoms with E-state index in [0.717, 1.165) is 5.56 Å². The van der Waals surface area contributed by atoms with Gasteiger partial charge in [-0.3, -0.25) is 4.79 Å². The summed E-state index contributed by atoms with van der Waals surface area (Å²) >= 11 is 6.17. The molecular formula is C13H16ClNO4. The van der Waals surface area contributed by atoms with E-state index in [1.807, 2.05) is 0 Å². The molecule has 0 saturated carbocycles. The predicted molar refractivity (Wildman–Crippen MR) is 70.9 cm³/mol. The molecule has 1 atom stereocenters. The molecule has 0 bridgehead atoms. The second-order valence-corrected chi connectivity index (χ2v) is 4.82. The van der Waals surface area contributed by atoms with Crippen molar-refractivity contribution in [1.82, 2.24) is 0 Å². The lowest BCUT2D eigenvalue weighted by molar-refractivity contribution is -0.137. The van der Waals surface area contributed by atoms with E-state index in [0.29, 0.717) is 42.6 Å². The number of carbonyl (C=O) groups is 1. The first-order valence-electron chi connectivity index (χ1n) is 6.14. The van der Waals surface area contributed by atoms with Gasteiger partial charge in [-0.2, -0.15) is 0 Å². The van der Waals surface area contributed by atoms with Gasteiger partial charge in [-0.05, 0) is 24.5 Å². The van der Waals surface area contributed by atoms with Crippen molar-refractivity contribution in [1.29, 1.82) is 0 Å². The van der Waals surface area contributed by atoms with Crippen molar-refractivity contribution in [2.24, 2.45) is 5.73 Å². The van der Waals surface area contributed by atoms with Crippen LogP contribution in [0.5, 0.6) is 11.5 Å². The van der Waals surface area contributed by atoms with Gasteiger partial charge in [-0.15, -0.1) is 0 Å². The van der Waals surface area contributed by atoms with Crippen LogP contribution in [0, 0.1) is 0 Å². The number of hydrogen-bond acceptors (Lipinski definition) is 4. The fraction of sp³-hybridized carbons (Fsp3) is 0.462. The molecule has 1 aromatic rings. The van der Waals surface area contributed by atoms with E-state index >= 15 is 0 Å². The van der Waals surface area contributed by atoms with E-state index in [9.17, 15) is 4.79 Å².